The SMILES string of the molecule is [CH2]C(C)(CC)N(CC)CC. The first-order chi connectivity index (χ1) is 4.58. The van der Waals surface area contributed by atoms with Crippen molar-refractivity contribution in [3.8, 4) is 0 Å². The molecule has 61 valence electrons. The van der Waals surface area contributed by atoms with Gasteiger partial charge in [-0.1, -0.05) is 20.8 Å². The van der Waals surface area contributed by atoms with E-state index < -0.39 is 0 Å². The summed E-state index contributed by atoms with van der Waals surface area (Å²) in [6, 6.07) is 0. The number of hydrogen-bond donors (Lipinski definition) is 0. The molecule has 0 fully saturated rings. The first-order valence-corrected chi connectivity index (χ1v) is 4.18. The van der Waals surface area contributed by atoms with Gasteiger partial charge in [0, 0.05) is 5.54 Å². The van der Waals surface area contributed by atoms with Crippen LogP contribution in [0.15, 0.2) is 0 Å². The first kappa shape index (κ1) is 9.96. The fourth-order valence-electron chi connectivity index (χ4n) is 1.21. The van der Waals surface area contributed by atoms with Crippen LogP contribution in [-0.2, 0) is 0 Å². The molecular weight excluding hydrogens is 122 g/mol. The van der Waals surface area contributed by atoms with Gasteiger partial charge in [-0.15, -0.1) is 0 Å². The van der Waals surface area contributed by atoms with Crippen molar-refractivity contribution in [1.29, 1.82) is 0 Å². The minimum Gasteiger partial charge on any atom is -0.298 e. The molecule has 0 bridgehead atoms. The third-order valence-corrected chi connectivity index (χ3v) is 2.29. The predicted molar refractivity (Wildman–Crippen MR) is 47.0 cm³/mol. The lowest BCUT2D eigenvalue weighted by Gasteiger charge is -2.36. The summed E-state index contributed by atoms with van der Waals surface area (Å²) in [5.74, 6) is 0. The smallest absolute Gasteiger partial charge is 0.0179 e. The van der Waals surface area contributed by atoms with Crippen LogP contribution in [0.1, 0.15) is 34.1 Å². The Kier molecular flexibility index (Phi) is 3.95. The molecular formula is C9H20N. The Morgan fingerprint density at radius 1 is 1.20 bits per heavy atom. The van der Waals surface area contributed by atoms with Crippen molar-refractivity contribution in [1.82, 2.24) is 4.90 Å². The first-order valence-electron chi connectivity index (χ1n) is 4.18. The maximum Gasteiger partial charge on any atom is 0.0179 e. The van der Waals surface area contributed by atoms with Crippen molar-refractivity contribution in [2.24, 2.45) is 0 Å². The van der Waals surface area contributed by atoms with Crippen LogP contribution in [0.5, 0.6) is 0 Å². The lowest BCUT2D eigenvalue weighted by molar-refractivity contribution is 0.155. The molecule has 1 unspecified atom stereocenters. The Morgan fingerprint density at radius 2 is 1.60 bits per heavy atom. The lowest BCUT2D eigenvalue weighted by atomic mass is 9.99. The van der Waals surface area contributed by atoms with E-state index in [1.165, 1.54) is 0 Å². The van der Waals surface area contributed by atoms with Crippen molar-refractivity contribution in [3.63, 3.8) is 0 Å². The van der Waals surface area contributed by atoms with Crippen molar-refractivity contribution in [3.05, 3.63) is 6.92 Å². The molecule has 0 aliphatic carbocycles. The molecule has 10 heavy (non-hydrogen) atoms. The van der Waals surface area contributed by atoms with Crippen LogP contribution in [0.2, 0.25) is 0 Å². The normalized spacial score (nSPS) is 12.6. The number of hydrogen-bond acceptors (Lipinski definition) is 1. The number of nitrogens with zero attached hydrogens (tertiary/aromatic N) is 1. The van der Waals surface area contributed by atoms with Crippen LogP contribution in [0.3, 0.4) is 0 Å². The van der Waals surface area contributed by atoms with Gasteiger partial charge in [-0.2, -0.15) is 0 Å². The third-order valence-electron chi connectivity index (χ3n) is 2.29. The number of rotatable bonds is 4. The van der Waals surface area contributed by atoms with E-state index in [-0.39, 0.29) is 5.54 Å². The lowest BCUT2D eigenvalue weighted by Crippen LogP contribution is -2.43. The Hall–Kier alpha value is -0.0400. The van der Waals surface area contributed by atoms with Gasteiger partial charge in [0.25, 0.3) is 0 Å². The van der Waals surface area contributed by atoms with E-state index in [0.717, 1.165) is 19.5 Å². The Morgan fingerprint density at radius 3 is 1.70 bits per heavy atom. The summed E-state index contributed by atoms with van der Waals surface area (Å²) >= 11 is 0. The summed E-state index contributed by atoms with van der Waals surface area (Å²) in [5, 5.41) is 0. The molecule has 1 atom stereocenters. The van der Waals surface area contributed by atoms with Gasteiger partial charge in [-0.05, 0) is 33.4 Å². The van der Waals surface area contributed by atoms with E-state index in [0.29, 0.717) is 0 Å². The second-order valence-electron chi connectivity index (χ2n) is 3.02. The third kappa shape index (κ3) is 2.30. The van der Waals surface area contributed by atoms with Gasteiger partial charge in [0.2, 0.25) is 0 Å². The van der Waals surface area contributed by atoms with E-state index in [1.54, 1.807) is 0 Å². The predicted octanol–water partition coefficient (Wildman–Crippen LogP) is 2.33. The molecule has 0 heterocycles. The molecule has 1 heteroatoms. The quantitative estimate of drug-likeness (QED) is 0.582. The molecule has 0 aromatic carbocycles. The zero-order chi connectivity index (χ0) is 8.20. The average molecular weight is 142 g/mol. The van der Waals surface area contributed by atoms with Crippen LogP contribution >= 0.6 is 0 Å². The van der Waals surface area contributed by atoms with Crippen LogP contribution in [-0.4, -0.2) is 23.5 Å². The molecule has 1 nitrogen and oxygen atoms in total. The second kappa shape index (κ2) is 3.97. The standard InChI is InChI=1S/C9H20N/c1-6-9(4,5)10(7-2)8-3/h4,6-8H2,1-3,5H3. The van der Waals surface area contributed by atoms with Gasteiger partial charge in [0.05, 0.1) is 0 Å². The van der Waals surface area contributed by atoms with Crippen molar-refractivity contribution in [2.75, 3.05) is 13.1 Å². The van der Waals surface area contributed by atoms with Gasteiger partial charge in [-0.3, -0.25) is 4.90 Å². The minimum atomic E-state index is 0.142. The highest BCUT2D eigenvalue weighted by atomic mass is 15.2. The van der Waals surface area contributed by atoms with Gasteiger partial charge in [-0.25, -0.2) is 0 Å². The summed E-state index contributed by atoms with van der Waals surface area (Å²) in [6.07, 6.45) is 1.12. The zero-order valence-electron chi connectivity index (χ0n) is 7.78. The molecule has 0 spiro atoms. The van der Waals surface area contributed by atoms with Gasteiger partial charge >= 0.3 is 0 Å². The van der Waals surface area contributed by atoms with Crippen LogP contribution in [0.25, 0.3) is 0 Å². The highest BCUT2D eigenvalue weighted by Crippen LogP contribution is 2.16. The van der Waals surface area contributed by atoms with Gasteiger partial charge < -0.3 is 0 Å². The summed E-state index contributed by atoms with van der Waals surface area (Å²) in [5.41, 5.74) is 0.142. The van der Waals surface area contributed by atoms with Crippen LogP contribution < -0.4 is 0 Å². The molecule has 0 N–H and O–H groups in total. The molecule has 0 amide bonds. The van der Waals surface area contributed by atoms with E-state index in [1.807, 2.05) is 0 Å². The van der Waals surface area contributed by atoms with Crippen molar-refractivity contribution in [2.45, 2.75) is 39.7 Å². The van der Waals surface area contributed by atoms with Crippen molar-refractivity contribution < 1.29 is 0 Å². The monoisotopic (exact) mass is 142 g/mol. The van der Waals surface area contributed by atoms with E-state index in [9.17, 15) is 0 Å². The van der Waals surface area contributed by atoms with Gasteiger partial charge in [0.1, 0.15) is 0 Å². The molecule has 0 aliphatic heterocycles. The molecule has 0 aliphatic rings. The Labute approximate surface area is 65.4 Å². The molecule has 0 saturated heterocycles. The summed E-state index contributed by atoms with van der Waals surface area (Å²) < 4.78 is 0. The molecule has 1 radical (unpaired) electrons. The van der Waals surface area contributed by atoms with Crippen molar-refractivity contribution >= 4 is 0 Å². The Bertz CT molecular complexity index is 82.7. The minimum absolute atomic E-state index is 0.142. The molecule has 0 rings (SSSR count). The fraction of sp³-hybridized carbons (Fsp3) is 0.889. The summed E-state index contributed by atoms with van der Waals surface area (Å²) in [6.45, 7) is 15.1. The highest BCUT2D eigenvalue weighted by Gasteiger charge is 2.21. The second-order valence-corrected chi connectivity index (χ2v) is 3.02. The van der Waals surface area contributed by atoms with E-state index in [2.05, 4.69) is 39.5 Å². The maximum atomic E-state index is 4.16. The molecule has 0 aromatic rings. The largest absolute Gasteiger partial charge is 0.298 e. The maximum absolute atomic E-state index is 4.16. The molecule has 0 aromatic heterocycles. The van der Waals surface area contributed by atoms with Gasteiger partial charge in [0.15, 0.2) is 0 Å². The summed E-state index contributed by atoms with van der Waals surface area (Å²) in [7, 11) is 0. The van der Waals surface area contributed by atoms with Crippen LogP contribution in [0, 0.1) is 6.92 Å². The average Bonchev–Trinajstić information content (AvgIpc) is 1.90. The van der Waals surface area contributed by atoms with E-state index in [4.69, 9.17) is 0 Å². The fourth-order valence-corrected chi connectivity index (χ4v) is 1.21. The highest BCUT2D eigenvalue weighted by molar-refractivity contribution is 4.85. The zero-order valence-corrected chi connectivity index (χ0v) is 7.78. The summed E-state index contributed by atoms with van der Waals surface area (Å²) in [4.78, 5) is 2.38. The van der Waals surface area contributed by atoms with E-state index >= 15 is 0 Å². The Balaban J connectivity index is 3.97. The van der Waals surface area contributed by atoms with Crippen LogP contribution in [0.4, 0.5) is 0 Å². The topological polar surface area (TPSA) is 3.24 Å². The molecule has 0 saturated carbocycles.